The number of amides is 1. The Morgan fingerprint density at radius 3 is 2.71 bits per heavy atom. The first-order valence-electron chi connectivity index (χ1n) is 6.94. The van der Waals surface area contributed by atoms with Gasteiger partial charge >= 0.3 is 5.97 Å². The van der Waals surface area contributed by atoms with Crippen LogP contribution in [0, 0.1) is 0 Å². The molecule has 1 aliphatic rings. The minimum atomic E-state index is -0.910. The number of carbonyl (C=O) groups excluding carboxylic acids is 1. The van der Waals surface area contributed by atoms with E-state index in [4.69, 9.17) is 9.84 Å². The first-order valence-corrected chi connectivity index (χ1v) is 6.94. The van der Waals surface area contributed by atoms with E-state index in [1.54, 1.807) is 4.90 Å². The third-order valence-electron chi connectivity index (χ3n) is 3.36. The number of carbonyl (C=O) groups is 2. The van der Waals surface area contributed by atoms with Crippen molar-refractivity contribution in [3.8, 4) is 5.75 Å². The maximum Gasteiger partial charge on any atom is 0.305 e. The molecule has 5 nitrogen and oxygen atoms in total. The zero-order valence-electron chi connectivity index (χ0n) is 12.2. The summed E-state index contributed by atoms with van der Waals surface area (Å²) in [6, 6.07) is 7.45. The monoisotopic (exact) mass is 289 g/mol. The van der Waals surface area contributed by atoms with Gasteiger partial charge in [-0.2, -0.15) is 0 Å². The first kappa shape index (κ1) is 15.1. The highest BCUT2D eigenvalue weighted by Crippen LogP contribution is 2.26. The SMILES string of the molecule is CC(C)N(CCC(=O)O)C(=O)C1=Cc2ccccc2OC1. The second kappa shape index (κ2) is 6.43. The first-order chi connectivity index (χ1) is 9.99. The van der Waals surface area contributed by atoms with Crippen molar-refractivity contribution in [3.63, 3.8) is 0 Å². The van der Waals surface area contributed by atoms with Gasteiger partial charge in [0.2, 0.25) is 0 Å². The highest BCUT2D eigenvalue weighted by atomic mass is 16.5. The van der Waals surface area contributed by atoms with Gasteiger partial charge in [-0.25, -0.2) is 0 Å². The summed E-state index contributed by atoms with van der Waals surface area (Å²) in [7, 11) is 0. The number of aliphatic carboxylic acids is 1. The molecule has 1 N–H and O–H groups in total. The number of rotatable bonds is 5. The van der Waals surface area contributed by atoms with Gasteiger partial charge in [-0.15, -0.1) is 0 Å². The lowest BCUT2D eigenvalue weighted by Crippen LogP contribution is -2.40. The highest BCUT2D eigenvalue weighted by Gasteiger charge is 2.24. The van der Waals surface area contributed by atoms with Crippen LogP contribution in [-0.2, 0) is 9.59 Å². The van der Waals surface area contributed by atoms with E-state index in [0.29, 0.717) is 5.57 Å². The summed E-state index contributed by atoms with van der Waals surface area (Å²) in [6.07, 6.45) is 1.76. The molecule has 2 rings (SSSR count). The Hall–Kier alpha value is -2.30. The van der Waals surface area contributed by atoms with Gasteiger partial charge in [-0.1, -0.05) is 18.2 Å². The van der Waals surface area contributed by atoms with Crippen LogP contribution < -0.4 is 4.74 Å². The van der Waals surface area contributed by atoms with E-state index < -0.39 is 5.97 Å². The average Bonchev–Trinajstić information content (AvgIpc) is 2.46. The predicted octanol–water partition coefficient (Wildman–Crippen LogP) is 2.17. The molecule has 1 aliphatic heterocycles. The van der Waals surface area contributed by atoms with E-state index in [9.17, 15) is 9.59 Å². The molecule has 1 aromatic carbocycles. The molecule has 0 saturated carbocycles. The van der Waals surface area contributed by atoms with Gasteiger partial charge in [0.25, 0.3) is 5.91 Å². The Labute approximate surface area is 123 Å². The molecule has 0 aromatic heterocycles. The average molecular weight is 289 g/mol. The maximum atomic E-state index is 12.5. The number of carboxylic acid groups (broad SMARTS) is 1. The third kappa shape index (κ3) is 3.62. The predicted molar refractivity (Wildman–Crippen MR) is 79.0 cm³/mol. The Morgan fingerprint density at radius 2 is 2.05 bits per heavy atom. The van der Waals surface area contributed by atoms with Crippen molar-refractivity contribution < 1.29 is 19.4 Å². The molecule has 5 heteroatoms. The maximum absolute atomic E-state index is 12.5. The van der Waals surface area contributed by atoms with Gasteiger partial charge in [0.05, 0.1) is 12.0 Å². The molecule has 0 aliphatic carbocycles. The summed E-state index contributed by atoms with van der Waals surface area (Å²) < 4.78 is 5.58. The third-order valence-corrected chi connectivity index (χ3v) is 3.36. The minimum Gasteiger partial charge on any atom is -0.488 e. The van der Waals surface area contributed by atoms with E-state index in [0.717, 1.165) is 11.3 Å². The molecule has 21 heavy (non-hydrogen) atoms. The lowest BCUT2D eigenvalue weighted by molar-refractivity contribution is -0.138. The molecule has 0 fully saturated rings. The highest BCUT2D eigenvalue weighted by molar-refractivity contribution is 5.99. The van der Waals surface area contributed by atoms with E-state index >= 15 is 0 Å². The molecule has 0 radical (unpaired) electrons. The van der Waals surface area contributed by atoms with Crippen molar-refractivity contribution in [3.05, 3.63) is 35.4 Å². The van der Waals surface area contributed by atoms with Gasteiger partial charge in [-0.05, 0) is 26.0 Å². The number of benzene rings is 1. The fourth-order valence-corrected chi connectivity index (χ4v) is 2.23. The Kier molecular flexibility index (Phi) is 4.62. The summed E-state index contributed by atoms with van der Waals surface area (Å²) in [4.78, 5) is 24.8. The minimum absolute atomic E-state index is 0.0603. The zero-order valence-corrected chi connectivity index (χ0v) is 12.2. The van der Waals surface area contributed by atoms with Crippen LogP contribution in [0.2, 0.25) is 0 Å². The topological polar surface area (TPSA) is 66.8 Å². The number of hydrogen-bond acceptors (Lipinski definition) is 3. The van der Waals surface area contributed by atoms with Crippen molar-refractivity contribution in [2.24, 2.45) is 0 Å². The van der Waals surface area contributed by atoms with Gasteiger partial charge in [0.15, 0.2) is 0 Å². The normalized spacial score (nSPS) is 13.2. The summed E-state index contributed by atoms with van der Waals surface area (Å²) in [5.41, 5.74) is 1.42. The quantitative estimate of drug-likeness (QED) is 0.902. The summed E-state index contributed by atoms with van der Waals surface area (Å²) in [6.45, 7) is 4.16. The van der Waals surface area contributed by atoms with Crippen molar-refractivity contribution in [1.82, 2.24) is 4.90 Å². The number of fused-ring (bicyclic) bond motifs is 1. The lowest BCUT2D eigenvalue weighted by atomic mass is 10.1. The standard InChI is InChI=1S/C16H19NO4/c1-11(2)17(8-7-15(18)19)16(20)13-9-12-5-3-4-6-14(12)21-10-13/h3-6,9,11H,7-8,10H2,1-2H3,(H,18,19). The second-order valence-electron chi connectivity index (χ2n) is 5.23. The Bertz CT molecular complexity index is 577. The largest absolute Gasteiger partial charge is 0.488 e. The number of hydrogen-bond donors (Lipinski definition) is 1. The van der Waals surface area contributed by atoms with Crippen molar-refractivity contribution in [2.75, 3.05) is 13.2 Å². The van der Waals surface area contributed by atoms with E-state index in [-0.39, 0.29) is 31.5 Å². The van der Waals surface area contributed by atoms with Crippen LogP contribution >= 0.6 is 0 Å². The van der Waals surface area contributed by atoms with Gasteiger partial charge in [0.1, 0.15) is 12.4 Å². The molecule has 0 bridgehead atoms. The molecule has 1 amide bonds. The zero-order chi connectivity index (χ0) is 15.4. The summed E-state index contributed by atoms with van der Waals surface area (Å²) in [5.74, 6) is -0.316. The molecule has 0 unspecified atom stereocenters. The number of ether oxygens (including phenoxy) is 1. The van der Waals surface area contributed by atoms with Crippen LogP contribution in [0.3, 0.4) is 0 Å². The van der Waals surface area contributed by atoms with Gasteiger partial charge in [-0.3, -0.25) is 9.59 Å². The van der Waals surface area contributed by atoms with E-state index in [2.05, 4.69) is 0 Å². The van der Waals surface area contributed by atoms with Crippen molar-refractivity contribution >= 4 is 18.0 Å². The van der Waals surface area contributed by atoms with E-state index in [1.807, 2.05) is 44.2 Å². The van der Waals surface area contributed by atoms with E-state index in [1.165, 1.54) is 0 Å². The van der Waals surface area contributed by atoms with Crippen molar-refractivity contribution in [1.29, 1.82) is 0 Å². The Morgan fingerprint density at radius 1 is 1.33 bits per heavy atom. The molecule has 1 heterocycles. The van der Waals surface area contributed by atoms with Crippen LogP contribution in [-0.4, -0.2) is 41.1 Å². The molecular formula is C16H19NO4. The van der Waals surface area contributed by atoms with Crippen LogP contribution in [0.15, 0.2) is 29.8 Å². The van der Waals surface area contributed by atoms with Gasteiger partial charge in [0, 0.05) is 18.2 Å². The number of carboxylic acids is 1. The lowest BCUT2D eigenvalue weighted by Gasteiger charge is -2.28. The van der Waals surface area contributed by atoms with Gasteiger partial charge < -0.3 is 14.7 Å². The van der Waals surface area contributed by atoms with Crippen molar-refractivity contribution in [2.45, 2.75) is 26.3 Å². The molecule has 112 valence electrons. The molecule has 0 atom stereocenters. The fourth-order valence-electron chi connectivity index (χ4n) is 2.23. The molecule has 1 aromatic rings. The van der Waals surface area contributed by atoms with Crippen LogP contribution in [0.4, 0.5) is 0 Å². The molecular weight excluding hydrogens is 270 g/mol. The second-order valence-corrected chi connectivity index (χ2v) is 5.23. The van der Waals surface area contributed by atoms with Crippen LogP contribution in [0.5, 0.6) is 5.75 Å². The number of nitrogens with zero attached hydrogens (tertiary/aromatic N) is 1. The molecule has 0 saturated heterocycles. The fraction of sp³-hybridized carbons (Fsp3) is 0.375. The van der Waals surface area contributed by atoms with Crippen LogP contribution in [0.1, 0.15) is 25.8 Å². The summed E-state index contributed by atoms with van der Waals surface area (Å²) >= 11 is 0. The number of para-hydroxylation sites is 1. The smallest absolute Gasteiger partial charge is 0.305 e. The molecule has 0 spiro atoms. The van der Waals surface area contributed by atoms with Crippen LogP contribution in [0.25, 0.3) is 6.08 Å². The Balaban J connectivity index is 2.18. The summed E-state index contributed by atoms with van der Waals surface area (Å²) in [5, 5.41) is 8.79.